The summed E-state index contributed by atoms with van der Waals surface area (Å²) in [5, 5.41) is 0.859. The van der Waals surface area contributed by atoms with Gasteiger partial charge in [0.1, 0.15) is 6.29 Å². The predicted molar refractivity (Wildman–Crippen MR) is 57.8 cm³/mol. The fourth-order valence-electron chi connectivity index (χ4n) is 2.26. The van der Waals surface area contributed by atoms with E-state index in [2.05, 4.69) is 6.07 Å². The maximum atomic E-state index is 10.5. The molecule has 1 aromatic rings. The minimum Gasteiger partial charge on any atom is -0.303 e. The van der Waals surface area contributed by atoms with E-state index >= 15 is 0 Å². The van der Waals surface area contributed by atoms with Gasteiger partial charge in [-0.25, -0.2) is 0 Å². The summed E-state index contributed by atoms with van der Waals surface area (Å²) in [6, 6.07) is 6.02. The van der Waals surface area contributed by atoms with Crippen LogP contribution in [-0.2, 0) is 11.2 Å². The first-order valence-corrected chi connectivity index (χ1v) is 5.41. The lowest BCUT2D eigenvalue weighted by molar-refractivity contribution is -0.108. The number of rotatable bonds is 2. The number of benzene rings is 1. The molecule has 0 spiro atoms. The van der Waals surface area contributed by atoms with E-state index in [1.54, 1.807) is 0 Å². The van der Waals surface area contributed by atoms with Crippen LogP contribution in [0.15, 0.2) is 18.2 Å². The fourth-order valence-corrected chi connectivity index (χ4v) is 2.54. The third-order valence-corrected chi connectivity index (χ3v) is 3.31. The van der Waals surface area contributed by atoms with Gasteiger partial charge in [0.05, 0.1) is 0 Å². The van der Waals surface area contributed by atoms with E-state index in [0.29, 0.717) is 12.3 Å². The van der Waals surface area contributed by atoms with Crippen molar-refractivity contribution in [3.63, 3.8) is 0 Å². The molecule has 0 radical (unpaired) electrons. The van der Waals surface area contributed by atoms with E-state index < -0.39 is 0 Å². The normalized spacial score (nSPS) is 20.2. The third-order valence-electron chi connectivity index (χ3n) is 2.96. The van der Waals surface area contributed by atoms with Crippen molar-refractivity contribution in [2.24, 2.45) is 0 Å². The second-order valence-corrected chi connectivity index (χ2v) is 4.21. The van der Waals surface area contributed by atoms with Crippen LogP contribution in [0.25, 0.3) is 0 Å². The predicted octanol–water partition coefficient (Wildman–Crippen LogP) is 3.35. The Labute approximate surface area is 89.1 Å². The zero-order valence-corrected chi connectivity index (χ0v) is 8.76. The maximum absolute atomic E-state index is 10.5. The van der Waals surface area contributed by atoms with Gasteiger partial charge in [-0.05, 0) is 42.4 Å². The van der Waals surface area contributed by atoms with Crippen molar-refractivity contribution in [3.05, 3.63) is 34.3 Å². The number of aldehydes is 1. The molecule has 0 N–H and O–H groups in total. The van der Waals surface area contributed by atoms with E-state index in [1.807, 2.05) is 12.1 Å². The van der Waals surface area contributed by atoms with Gasteiger partial charge in [-0.3, -0.25) is 0 Å². The van der Waals surface area contributed by atoms with Gasteiger partial charge in [0.2, 0.25) is 0 Å². The molecule has 0 aromatic heterocycles. The highest BCUT2D eigenvalue weighted by molar-refractivity contribution is 6.31. The summed E-state index contributed by atoms with van der Waals surface area (Å²) in [5.74, 6) is 0.398. The van der Waals surface area contributed by atoms with Crippen molar-refractivity contribution in [1.29, 1.82) is 0 Å². The summed E-state index contributed by atoms with van der Waals surface area (Å²) in [6.07, 6.45) is 4.97. The Morgan fingerprint density at radius 2 is 2.36 bits per heavy atom. The van der Waals surface area contributed by atoms with Crippen LogP contribution in [0, 0.1) is 0 Å². The van der Waals surface area contributed by atoms with Gasteiger partial charge in [0.25, 0.3) is 0 Å². The van der Waals surface area contributed by atoms with Gasteiger partial charge < -0.3 is 4.79 Å². The van der Waals surface area contributed by atoms with Crippen molar-refractivity contribution < 1.29 is 4.79 Å². The molecule has 0 saturated carbocycles. The zero-order chi connectivity index (χ0) is 9.97. The minimum absolute atomic E-state index is 0.398. The maximum Gasteiger partial charge on any atom is 0.120 e. The van der Waals surface area contributed by atoms with Crippen LogP contribution in [0.1, 0.15) is 36.3 Å². The van der Waals surface area contributed by atoms with Gasteiger partial charge >= 0.3 is 0 Å². The van der Waals surface area contributed by atoms with E-state index in [4.69, 9.17) is 11.6 Å². The second-order valence-electron chi connectivity index (χ2n) is 3.80. The molecule has 1 unspecified atom stereocenters. The molecule has 1 atom stereocenters. The van der Waals surface area contributed by atoms with Crippen molar-refractivity contribution in [2.75, 3.05) is 0 Å². The first kappa shape index (κ1) is 9.72. The number of carbonyl (C=O) groups excluding carboxylic acids is 1. The van der Waals surface area contributed by atoms with Crippen LogP contribution >= 0.6 is 11.6 Å². The highest BCUT2D eigenvalue weighted by Gasteiger charge is 2.20. The Morgan fingerprint density at radius 3 is 3.14 bits per heavy atom. The monoisotopic (exact) mass is 208 g/mol. The molecule has 1 nitrogen and oxygen atoms in total. The van der Waals surface area contributed by atoms with E-state index in [0.717, 1.165) is 30.6 Å². The van der Waals surface area contributed by atoms with Gasteiger partial charge in [0, 0.05) is 11.4 Å². The van der Waals surface area contributed by atoms with Crippen molar-refractivity contribution in [2.45, 2.75) is 31.6 Å². The highest BCUT2D eigenvalue weighted by atomic mass is 35.5. The largest absolute Gasteiger partial charge is 0.303 e. The summed E-state index contributed by atoms with van der Waals surface area (Å²) in [5.41, 5.74) is 2.54. The summed E-state index contributed by atoms with van der Waals surface area (Å²) in [6.45, 7) is 0. The topological polar surface area (TPSA) is 17.1 Å². The molecule has 1 aliphatic rings. The first-order valence-electron chi connectivity index (χ1n) is 5.04. The molecule has 0 aliphatic heterocycles. The lowest BCUT2D eigenvalue weighted by Gasteiger charge is -2.24. The van der Waals surface area contributed by atoms with Crippen molar-refractivity contribution in [1.82, 2.24) is 0 Å². The average molecular weight is 209 g/mol. The Kier molecular flexibility index (Phi) is 2.87. The first-order chi connectivity index (χ1) is 6.83. The van der Waals surface area contributed by atoms with Gasteiger partial charge in [-0.15, -0.1) is 0 Å². The number of hydrogen-bond donors (Lipinski definition) is 0. The lowest BCUT2D eigenvalue weighted by atomic mass is 9.81. The molecular formula is C12H13ClO. The van der Waals surface area contributed by atoms with Crippen LogP contribution in [0.4, 0.5) is 0 Å². The Bertz CT molecular complexity index is 346. The summed E-state index contributed by atoms with van der Waals surface area (Å²) >= 11 is 6.12. The Hall–Kier alpha value is -0.820. The molecule has 0 bridgehead atoms. The number of fused-ring (bicyclic) bond motifs is 1. The number of hydrogen-bond acceptors (Lipinski definition) is 1. The van der Waals surface area contributed by atoms with Crippen molar-refractivity contribution >= 4 is 17.9 Å². The van der Waals surface area contributed by atoms with Gasteiger partial charge in [-0.1, -0.05) is 23.7 Å². The molecule has 0 amide bonds. The summed E-state index contributed by atoms with van der Waals surface area (Å²) in [4.78, 5) is 10.5. The Balaban J connectivity index is 2.39. The SMILES string of the molecule is O=CCC1CCCc2c(Cl)cccc21. The van der Waals surface area contributed by atoms with Crippen molar-refractivity contribution in [3.8, 4) is 0 Å². The smallest absolute Gasteiger partial charge is 0.120 e. The van der Waals surface area contributed by atoms with E-state index in [1.165, 1.54) is 11.1 Å². The van der Waals surface area contributed by atoms with Crippen LogP contribution < -0.4 is 0 Å². The molecule has 0 saturated heterocycles. The van der Waals surface area contributed by atoms with Crippen LogP contribution in [0.2, 0.25) is 5.02 Å². The average Bonchev–Trinajstić information content (AvgIpc) is 2.20. The van der Waals surface area contributed by atoms with E-state index in [-0.39, 0.29) is 0 Å². The number of carbonyl (C=O) groups is 1. The highest BCUT2D eigenvalue weighted by Crippen LogP contribution is 2.36. The zero-order valence-electron chi connectivity index (χ0n) is 8.00. The third kappa shape index (κ3) is 1.69. The van der Waals surface area contributed by atoms with Crippen LogP contribution in [0.5, 0.6) is 0 Å². The fraction of sp³-hybridized carbons (Fsp3) is 0.417. The van der Waals surface area contributed by atoms with Gasteiger partial charge in [0.15, 0.2) is 0 Å². The number of halogens is 1. The molecule has 2 rings (SSSR count). The molecule has 1 aromatic carbocycles. The summed E-state index contributed by atoms with van der Waals surface area (Å²) in [7, 11) is 0. The van der Waals surface area contributed by atoms with Gasteiger partial charge in [-0.2, -0.15) is 0 Å². The standard InChI is InChI=1S/C12H13ClO/c13-12-6-2-4-10-9(7-8-14)3-1-5-11(10)12/h2,4,6,8-9H,1,3,5,7H2. The molecule has 2 heteroatoms. The molecule has 0 heterocycles. The second kappa shape index (κ2) is 4.14. The summed E-state index contributed by atoms with van der Waals surface area (Å²) < 4.78 is 0. The van der Waals surface area contributed by atoms with Crippen LogP contribution in [0.3, 0.4) is 0 Å². The molecule has 1 aliphatic carbocycles. The molecular weight excluding hydrogens is 196 g/mol. The Morgan fingerprint density at radius 1 is 1.50 bits per heavy atom. The van der Waals surface area contributed by atoms with Crippen LogP contribution in [-0.4, -0.2) is 6.29 Å². The lowest BCUT2D eigenvalue weighted by Crippen LogP contribution is -2.10. The molecule has 0 fully saturated rings. The molecule has 74 valence electrons. The van der Waals surface area contributed by atoms with E-state index in [9.17, 15) is 4.79 Å². The quantitative estimate of drug-likeness (QED) is 0.682. The molecule has 14 heavy (non-hydrogen) atoms. The minimum atomic E-state index is 0.398.